The fourth-order valence-electron chi connectivity index (χ4n) is 3.05. The van der Waals surface area contributed by atoms with Gasteiger partial charge < -0.3 is 20.3 Å². The molecule has 3 rings (SSSR count). The topological polar surface area (TPSA) is 61.8 Å². The highest BCUT2D eigenvalue weighted by molar-refractivity contribution is 14.0. The second-order valence-electron chi connectivity index (χ2n) is 6.65. The van der Waals surface area contributed by atoms with Crippen LogP contribution >= 0.6 is 35.3 Å². The molecule has 1 atom stereocenters. The van der Waals surface area contributed by atoms with Gasteiger partial charge >= 0.3 is 0 Å². The second kappa shape index (κ2) is 11.6. The Labute approximate surface area is 188 Å². The summed E-state index contributed by atoms with van der Waals surface area (Å²) < 4.78 is 5.62. The average molecular weight is 515 g/mol. The number of anilines is 1. The summed E-state index contributed by atoms with van der Waals surface area (Å²) in [7, 11) is 1.80. The molecule has 6 nitrogen and oxygen atoms in total. The van der Waals surface area contributed by atoms with Gasteiger partial charge in [-0.2, -0.15) is 0 Å². The van der Waals surface area contributed by atoms with Crippen molar-refractivity contribution in [2.24, 2.45) is 4.99 Å². The summed E-state index contributed by atoms with van der Waals surface area (Å²) >= 11 is 1.85. The van der Waals surface area contributed by atoms with E-state index in [9.17, 15) is 0 Å². The summed E-state index contributed by atoms with van der Waals surface area (Å²) in [4.78, 5) is 13.9. The van der Waals surface area contributed by atoms with Gasteiger partial charge in [0.2, 0.25) is 0 Å². The molecule has 0 aromatic carbocycles. The number of aliphatic imine (C=N–C) groups is 1. The molecule has 2 aromatic heterocycles. The van der Waals surface area contributed by atoms with Gasteiger partial charge in [-0.3, -0.25) is 4.99 Å². The molecule has 0 amide bonds. The smallest absolute Gasteiger partial charge is 0.191 e. The molecule has 0 spiro atoms. The van der Waals surface area contributed by atoms with Crippen molar-refractivity contribution >= 4 is 47.1 Å². The van der Waals surface area contributed by atoms with Gasteiger partial charge in [0.05, 0.1) is 19.3 Å². The highest BCUT2D eigenvalue weighted by atomic mass is 127. The molecule has 1 unspecified atom stereocenters. The van der Waals surface area contributed by atoms with Crippen LogP contribution in [0.1, 0.15) is 29.2 Å². The van der Waals surface area contributed by atoms with Gasteiger partial charge in [0, 0.05) is 42.6 Å². The molecule has 2 N–H and O–H groups in total. The Balaban J connectivity index is 0.00000280. The molecule has 28 heavy (non-hydrogen) atoms. The molecule has 154 valence electrons. The van der Waals surface area contributed by atoms with Gasteiger partial charge in [-0.15, -0.1) is 35.3 Å². The van der Waals surface area contributed by atoms with Gasteiger partial charge in [-0.25, -0.2) is 4.98 Å². The van der Waals surface area contributed by atoms with Crippen LogP contribution < -0.4 is 15.5 Å². The van der Waals surface area contributed by atoms with Gasteiger partial charge in [-0.05, 0) is 43.2 Å². The number of nitrogens with zero attached hydrogens (tertiary/aromatic N) is 3. The Morgan fingerprint density at radius 1 is 1.29 bits per heavy atom. The van der Waals surface area contributed by atoms with Gasteiger partial charge in [0.15, 0.2) is 5.96 Å². The molecule has 0 radical (unpaired) electrons. The summed E-state index contributed by atoms with van der Waals surface area (Å²) in [6.07, 6.45) is 3.21. The van der Waals surface area contributed by atoms with E-state index >= 15 is 0 Å². The largest absolute Gasteiger partial charge is 0.375 e. The Bertz CT molecular complexity index is 767. The normalized spacial score (nSPS) is 17.2. The zero-order chi connectivity index (χ0) is 19.1. The predicted molar refractivity (Wildman–Crippen MR) is 128 cm³/mol. The molecule has 8 heteroatoms. The minimum Gasteiger partial charge on any atom is -0.375 e. The van der Waals surface area contributed by atoms with Gasteiger partial charge in [0.25, 0.3) is 0 Å². The number of rotatable bonds is 6. The van der Waals surface area contributed by atoms with E-state index < -0.39 is 0 Å². The van der Waals surface area contributed by atoms with Crippen LogP contribution in [0.15, 0.2) is 35.5 Å². The first-order valence-electron chi connectivity index (χ1n) is 9.51. The molecule has 2 aromatic rings. The lowest BCUT2D eigenvalue weighted by molar-refractivity contribution is 0.0529. The highest BCUT2D eigenvalue weighted by Crippen LogP contribution is 2.17. The molecule has 1 saturated heterocycles. The van der Waals surface area contributed by atoms with Crippen LogP contribution in [-0.4, -0.2) is 43.8 Å². The van der Waals surface area contributed by atoms with Crippen molar-refractivity contribution in [2.75, 3.05) is 31.6 Å². The van der Waals surface area contributed by atoms with E-state index in [0.717, 1.165) is 44.4 Å². The molecule has 0 bridgehead atoms. The summed E-state index contributed by atoms with van der Waals surface area (Å²) in [5.74, 6) is 1.82. The fourth-order valence-corrected chi connectivity index (χ4v) is 3.95. The lowest BCUT2D eigenvalue weighted by Crippen LogP contribution is -2.41. The van der Waals surface area contributed by atoms with Crippen molar-refractivity contribution in [1.82, 2.24) is 15.6 Å². The molecule has 1 fully saturated rings. The highest BCUT2D eigenvalue weighted by Gasteiger charge is 2.18. The first-order chi connectivity index (χ1) is 13.2. The lowest BCUT2D eigenvalue weighted by atomic mass is 10.2. The maximum Gasteiger partial charge on any atom is 0.191 e. The molecule has 0 saturated carbocycles. The van der Waals surface area contributed by atoms with Crippen LogP contribution in [0.2, 0.25) is 0 Å². The number of hydrogen-bond donors (Lipinski definition) is 2. The third-order valence-corrected chi connectivity index (χ3v) is 5.78. The maximum absolute atomic E-state index is 5.62. The molecular weight excluding hydrogens is 485 g/mol. The van der Waals surface area contributed by atoms with Crippen molar-refractivity contribution in [3.63, 3.8) is 0 Å². The van der Waals surface area contributed by atoms with Crippen molar-refractivity contribution < 1.29 is 4.74 Å². The van der Waals surface area contributed by atoms with Crippen LogP contribution in [0.5, 0.6) is 0 Å². The number of thiophene rings is 1. The zero-order valence-electron chi connectivity index (χ0n) is 16.8. The number of aryl methyl sites for hydroxylation is 1. The molecule has 1 aliphatic heterocycles. The number of pyridine rings is 1. The number of morpholine rings is 1. The van der Waals surface area contributed by atoms with E-state index in [1.807, 2.05) is 23.6 Å². The standard InChI is InChI=1S/C20H29N5OS.HI/c1-4-17-5-6-18(27-17)13-24-20(21-3)23-12-16-7-8-22-19(11-16)25-9-10-26-15(2)14-25;/h5-8,11,15H,4,9-10,12-14H2,1-3H3,(H2,21,23,24);1H. The summed E-state index contributed by atoms with van der Waals surface area (Å²) in [5, 5.41) is 6.77. The summed E-state index contributed by atoms with van der Waals surface area (Å²) in [6.45, 7) is 8.31. The molecule has 1 aliphatic rings. The van der Waals surface area contributed by atoms with E-state index in [4.69, 9.17) is 4.74 Å². The van der Waals surface area contributed by atoms with E-state index in [1.54, 1.807) is 7.05 Å². The Kier molecular flexibility index (Phi) is 9.46. The SMILES string of the molecule is CCc1ccc(CNC(=NC)NCc2ccnc(N3CCOC(C)C3)c2)s1.I. The fraction of sp³-hybridized carbons (Fsp3) is 0.500. The van der Waals surface area contributed by atoms with E-state index in [2.05, 4.69) is 57.6 Å². The Hall–Kier alpha value is -1.39. The third kappa shape index (κ3) is 6.59. The third-order valence-electron chi connectivity index (χ3n) is 4.55. The van der Waals surface area contributed by atoms with Crippen LogP contribution in [0.25, 0.3) is 0 Å². The van der Waals surface area contributed by atoms with E-state index in [0.29, 0.717) is 6.54 Å². The summed E-state index contributed by atoms with van der Waals surface area (Å²) in [6, 6.07) is 8.57. The monoisotopic (exact) mass is 515 g/mol. The minimum absolute atomic E-state index is 0. The van der Waals surface area contributed by atoms with Crippen LogP contribution in [-0.2, 0) is 24.2 Å². The number of ether oxygens (including phenoxy) is 1. The first kappa shape index (κ1) is 22.9. The van der Waals surface area contributed by atoms with E-state index in [-0.39, 0.29) is 30.1 Å². The van der Waals surface area contributed by atoms with Gasteiger partial charge in [-0.1, -0.05) is 6.92 Å². The van der Waals surface area contributed by atoms with Crippen LogP contribution in [0, 0.1) is 0 Å². The Morgan fingerprint density at radius 2 is 2.07 bits per heavy atom. The van der Waals surface area contributed by atoms with Crippen LogP contribution in [0.4, 0.5) is 5.82 Å². The number of aromatic nitrogens is 1. The number of guanidine groups is 1. The number of nitrogens with one attached hydrogen (secondary N) is 2. The minimum atomic E-state index is 0. The zero-order valence-corrected chi connectivity index (χ0v) is 19.9. The van der Waals surface area contributed by atoms with Gasteiger partial charge in [0.1, 0.15) is 5.82 Å². The molecule has 3 heterocycles. The number of halogens is 1. The lowest BCUT2D eigenvalue weighted by Gasteiger charge is -2.32. The Morgan fingerprint density at radius 3 is 2.79 bits per heavy atom. The van der Waals surface area contributed by atoms with Crippen LogP contribution in [0.3, 0.4) is 0 Å². The summed E-state index contributed by atoms with van der Waals surface area (Å²) in [5.41, 5.74) is 1.19. The predicted octanol–water partition coefficient (Wildman–Crippen LogP) is 3.41. The van der Waals surface area contributed by atoms with E-state index in [1.165, 1.54) is 15.3 Å². The second-order valence-corrected chi connectivity index (χ2v) is 7.90. The molecule has 0 aliphatic carbocycles. The first-order valence-corrected chi connectivity index (χ1v) is 10.3. The van der Waals surface area contributed by atoms with Crippen molar-refractivity contribution in [3.8, 4) is 0 Å². The average Bonchev–Trinajstić information content (AvgIpc) is 3.16. The number of hydrogen-bond acceptors (Lipinski definition) is 5. The van der Waals surface area contributed by atoms with Crippen molar-refractivity contribution in [1.29, 1.82) is 0 Å². The maximum atomic E-state index is 5.62. The quantitative estimate of drug-likeness (QED) is 0.351. The molecular formula is C20H30IN5OS. The van der Waals surface area contributed by atoms with Crippen molar-refractivity contribution in [3.05, 3.63) is 45.8 Å². The van der Waals surface area contributed by atoms with Crippen molar-refractivity contribution in [2.45, 2.75) is 39.5 Å².